The maximum absolute atomic E-state index is 8.94. The van der Waals surface area contributed by atoms with Gasteiger partial charge >= 0.3 is 0 Å². The largest absolute Gasteiger partial charge is 0.495 e. The molecule has 2 aromatic rings. The summed E-state index contributed by atoms with van der Waals surface area (Å²) in [6.45, 7) is 0. The van der Waals surface area contributed by atoms with Gasteiger partial charge < -0.3 is 4.74 Å². The molecule has 0 saturated heterocycles. The molecule has 0 aliphatic rings. The molecular formula is C13H8N2O. The highest BCUT2D eigenvalue weighted by molar-refractivity contribution is 5.87. The second-order valence-corrected chi connectivity index (χ2v) is 3.34. The lowest BCUT2D eigenvalue weighted by Gasteiger charge is -2.05. The zero-order chi connectivity index (χ0) is 11.5. The van der Waals surface area contributed by atoms with Crippen LogP contribution in [0.1, 0.15) is 11.1 Å². The van der Waals surface area contributed by atoms with Gasteiger partial charge in [-0.05, 0) is 35.0 Å². The maximum atomic E-state index is 8.94. The minimum Gasteiger partial charge on any atom is -0.495 e. The standard InChI is InChI=1S/C13H8N2O/c1-16-13-6-10-3-2-9(7-14)4-11(10)5-12(13)8-15/h2-6H,1H3. The van der Waals surface area contributed by atoms with Crippen molar-refractivity contribution in [3.05, 3.63) is 41.5 Å². The molecule has 0 heterocycles. The number of rotatable bonds is 1. The van der Waals surface area contributed by atoms with Gasteiger partial charge in [-0.3, -0.25) is 0 Å². The minimum atomic E-state index is 0.477. The molecule has 0 spiro atoms. The van der Waals surface area contributed by atoms with Crippen LogP contribution in [0.15, 0.2) is 30.3 Å². The van der Waals surface area contributed by atoms with Crippen LogP contribution in [0.3, 0.4) is 0 Å². The summed E-state index contributed by atoms with van der Waals surface area (Å²) in [6.07, 6.45) is 0. The number of nitrogens with zero attached hydrogens (tertiary/aromatic N) is 2. The lowest BCUT2D eigenvalue weighted by atomic mass is 10.0. The van der Waals surface area contributed by atoms with E-state index in [-0.39, 0.29) is 0 Å². The number of fused-ring (bicyclic) bond motifs is 1. The second-order valence-electron chi connectivity index (χ2n) is 3.34. The predicted octanol–water partition coefficient (Wildman–Crippen LogP) is 2.59. The first-order valence-corrected chi connectivity index (χ1v) is 4.70. The SMILES string of the molecule is COc1cc2ccc(C#N)cc2cc1C#N. The Balaban J connectivity index is 2.76. The van der Waals surface area contributed by atoms with E-state index < -0.39 is 0 Å². The Kier molecular flexibility index (Phi) is 2.45. The Bertz CT molecular complexity index is 633. The fraction of sp³-hybridized carbons (Fsp3) is 0.0769. The first-order valence-electron chi connectivity index (χ1n) is 4.70. The summed E-state index contributed by atoms with van der Waals surface area (Å²) < 4.78 is 5.11. The van der Waals surface area contributed by atoms with Crippen LogP contribution in [0, 0.1) is 22.7 Å². The van der Waals surface area contributed by atoms with Gasteiger partial charge in [0.15, 0.2) is 0 Å². The Labute approximate surface area is 93.1 Å². The molecule has 0 saturated carbocycles. The van der Waals surface area contributed by atoms with Gasteiger partial charge in [-0.15, -0.1) is 0 Å². The Hall–Kier alpha value is -2.52. The number of ether oxygens (including phenoxy) is 1. The predicted molar refractivity (Wildman–Crippen MR) is 59.9 cm³/mol. The van der Waals surface area contributed by atoms with E-state index in [1.807, 2.05) is 6.07 Å². The van der Waals surface area contributed by atoms with Crippen LogP contribution < -0.4 is 4.74 Å². The van der Waals surface area contributed by atoms with Crippen LogP contribution in [0.5, 0.6) is 5.75 Å². The molecule has 3 heteroatoms. The van der Waals surface area contributed by atoms with Crippen LogP contribution in [-0.2, 0) is 0 Å². The minimum absolute atomic E-state index is 0.477. The molecule has 0 bridgehead atoms. The highest BCUT2D eigenvalue weighted by Crippen LogP contribution is 2.25. The summed E-state index contributed by atoms with van der Waals surface area (Å²) in [5.74, 6) is 0.555. The van der Waals surface area contributed by atoms with Gasteiger partial charge in [0.1, 0.15) is 11.8 Å². The molecule has 3 nitrogen and oxygen atoms in total. The summed E-state index contributed by atoms with van der Waals surface area (Å²) in [6, 6.07) is 13.0. The number of benzene rings is 2. The van der Waals surface area contributed by atoms with E-state index in [1.165, 1.54) is 7.11 Å². The van der Waals surface area contributed by atoms with Crippen molar-refractivity contribution < 1.29 is 4.74 Å². The van der Waals surface area contributed by atoms with E-state index in [4.69, 9.17) is 15.3 Å². The summed E-state index contributed by atoms with van der Waals surface area (Å²) in [4.78, 5) is 0. The first-order chi connectivity index (χ1) is 7.78. The zero-order valence-electron chi connectivity index (χ0n) is 8.69. The molecule has 0 aromatic heterocycles. The van der Waals surface area contributed by atoms with E-state index in [2.05, 4.69) is 12.1 Å². The molecule has 0 amide bonds. The van der Waals surface area contributed by atoms with Crippen molar-refractivity contribution in [1.29, 1.82) is 10.5 Å². The van der Waals surface area contributed by atoms with Gasteiger partial charge in [0, 0.05) is 0 Å². The monoisotopic (exact) mass is 208 g/mol. The summed E-state index contributed by atoms with van der Waals surface area (Å²) in [5, 5.41) is 19.6. The molecule has 2 aromatic carbocycles. The van der Waals surface area contributed by atoms with Gasteiger partial charge in [0.2, 0.25) is 0 Å². The van der Waals surface area contributed by atoms with Crippen LogP contribution in [-0.4, -0.2) is 7.11 Å². The van der Waals surface area contributed by atoms with Crippen molar-refractivity contribution in [3.8, 4) is 17.9 Å². The van der Waals surface area contributed by atoms with E-state index in [0.717, 1.165) is 10.8 Å². The van der Waals surface area contributed by atoms with Crippen LogP contribution in [0.4, 0.5) is 0 Å². The average Bonchev–Trinajstić information content (AvgIpc) is 2.36. The Morgan fingerprint density at radius 3 is 2.44 bits per heavy atom. The molecule has 0 N–H and O–H groups in total. The average molecular weight is 208 g/mol. The third-order valence-electron chi connectivity index (χ3n) is 2.41. The van der Waals surface area contributed by atoms with Crippen LogP contribution >= 0.6 is 0 Å². The number of methoxy groups -OCH3 is 1. The lowest BCUT2D eigenvalue weighted by Crippen LogP contribution is -1.88. The number of nitriles is 2. The summed E-state index contributed by atoms with van der Waals surface area (Å²) in [7, 11) is 1.53. The molecule has 0 aliphatic carbocycles. The van der Waals surface area contributed by atoms with Crippen molar-refractivity contribution in [2.24, 2.45) is 0 Å². The Morgan fingerprint density at radius 1 is 1.00 bits per heavy atom. The third-order valence-corrected chi connectivity index (χ3v) is 2.41. The highest BCUT2D eigenvalue weighted by Gasteiger charge is 2.05. The van der Waals surface area contributed by atoms with Gasteiger partial charge in [-0.2, -0.15) is 10.5 Å². The molecule has 0 radical (unpaired) electrons. The van der Waals surface area contributed by atoms with Crippen molar-refractivity contribution in [1.82, 2.24) is 0 Å². The molecule has 0 aliphatic heterocycles. The number of hydrogen-bond donors (Lipinski definition) is 0. The quantitative estimate of drug-likeness (QED) is 0.723. The highest BCUT2D eigenvalue weighted by atomic mass is 16.5. The first kappa shape index (κ1) is 10.0. The maximum Gasteiger partial charge on any atom is 0.137 e. The molecule has 16 heavy (non-hydrogen) atoms. The fourth-order valence-electron chi connectivity index (χ4n) is 1.60. The van der Waals surface area contributed by atoms with E-state index in [9.17, 15) is 0 Å². The summed E-state index contributed by atoms with van der Waals surface area (Å²) >= 11 is 0. The van der Waals surface area contributed by atoms with E-state index >= 15 is 0 Å². The molecular weight excluding hydrogens is 200 g/mol. The van der Waals surface area contributed by atoms with Gasteiger partial charge in [-0.25, -0.2) is 0 Å². The fourth-order valence-corrected chi connectivity index (χ4v) is 1.60. The van der Waals surface area contributed by atoms with Crippen molar-refractivity contribution in [2.75, 3.05) is 7.11 Å². The number of hydrogen-bond acceptors (Lipinski definition) is 3. The van der Waals surface area contributed by atoms with Crippen LogP contribution in [0.2, 0.25) is 0 Å². The zero-order valence-corrected chi connectivity index (χ0v) is 8.69. The molecule has 0 fully saturated rings. The van der Waals surface area contributed by atoms with Crippen molar-refractivity contribution in [2.45, 2.75) is 0 Å². The molecule has 0 atom stereocenters. The molecule has 76 valence electrons. The summed E-state index contributed by atoms with van der Waals surface area (Å²) in [5.41, 5.74) is 1.06. The van der Waals surface area contributed by atoms with Gasteiger partial charge in [0.25, 0.3) is 0 Å². The Morgan fingerprint density at radius 2 is 1.81 bits per heavy atom. The van der Waals surface area contributed by atoms with Crippen LogP contribution in [0.25, 0.3) is 10.8 Å². The lowest BCUT2D eigenvalue weighted by molar-refractivity contribution is 0.414. The smallest absolute Gasteiger partial charge is 0.137 e. The van der Waals surface area contributed by atoms with Gasteiger partial charge in [-0.1, -0.05) is 6.07 Å². The molecule has 0 unspecified atom stereocenters. The second kappa shape index (κ2) is 3.92. The molecule has 2 rings (SSSR count). The topological polar surface area (TPSA) is 56.8 Å². The third kappa shape index (κ3) is 1.55. The van der Waals surface area contributed by atoms with Crippen molar-refractivity contribution >= 4 is 10.8 Å². The van der Waals surface area contributed by atoms with Crippen molar-refractivity contribution in [3.63, 3.8) is 0 Å². The van der Waals surface area contributed by atoms with E-state index in [1.54, 1.807) is 24.3 Å². The normalized spacial score (nSPS) is 9.44. The van der Waals surface area contributed by atoms with E-state index in [0.29, 0.717) is 16.9 Å². The van der Waals surface area contributed by atoms with Gasteiger partial charge in [0.05, 0.1) is 24.3 Å².